The van der Waals surface area contributed by atoms with Gasteiger partial charge in [0.1, 0.15) is 0 Å². The van der Waals surface area contributed by atoms with Gasteiger partial charge in [-0.15, -0.1) is 11.3 Å². The minimum atomic E-state index is -0.181. The molecular weight excluding hydrogens is 474 g/mol. The number of fused-ring (bicyclic) bond motifs is 1. The van der Waals surface area contributed by atoms with E-state index in [2.05, 4.69) is 82.4 Å². The first-order valence-electron chi connectivity index (χ1n) is 12.6. The topological polar surface area (TPSA) is 54.9 Å². The van der Waals surface area contributed by atoms with Crippen LogP contribution in [-0.4, -0.2) is 15.9 Å². The zero-order chi connectivity index (χ0) is 26.3. The highest BCUT2D eigenvalue weighted by molar-refractivity contribution is 7.16. The molecule has 0 radical (unpaired) electrons. The molecule has 2 heterocycles. The molecule has 0 aliphatic rings. The molecule has 5 aromatic rings. The number of thiazole rings is 1. The van der Waals surface area contributed by atoms with E-state index in [9.17, 15) is 4.79 Å². The summed E-state index contributed by atoms with van der Waals surface area (Å²) in [6.45, 7) is 12.6. The number of carbonyl (C=O) groups is 1. The van der Waals surface area contributed by atoms with E-state index in [0.29, 0.717) is 16.6 Å². The molecule has 0 atom stereocenters. The fraction of sp³-hybridized carbons (Fsp3) is 0.219. The number of amides is 1. The van der Waals surface area contributed by atoms with Gasteiger partial charge in [-0.2, -0.15) is 0 Å². The summed E-state index contributed by atoms with van der Waals surface area (Å²) in [5.41, 5.74) is 9.90. The van der Waals surface area contributed by atoms with Crippen LogP contribution in [0.2, 0.25) is 0 Å². The predicted octanol–water partition coefficient (Wildman–Crippen LogP) is 8.63. The molecule has 1 amide bonds. The summed E-state index contributed by atoms with van der Waals surface area (Å²) in [5.74, 6) is 0.275. The minimum absolute atomic E-state index is 0.181. The zero-order valence-corrected chi connectivity index (χ0v) is 23.0. The molecule has 1 N–H and O–H groups in total. The number of aryl methyl sites for hydroxylation is 4. The fourth-order valence-corrected chi connectivity index (χ4v) is 5.39. The normalized spacial score (nSPS) is 11.3. The first kappa shape index (κ1) is 24.8. The van der Waals surface area contributed by atoms with Gasteiger partial charge in [0.2, 0.25) is 0 Å². The van der Waals surface area contributed by atoms with Gasteiger partial charge in [-0.1, -0.05) is 67.4 Å². The predicted molar refractivity (Wildman–Crippen MR) is 156 cm³/mol. The number of benzene rings is 3. The molecule has 3 aromatic carbocycles. The third-order valence-corrected chi connectivity index (χ3v) is 7.63. The van der Waals surface area contributed by atoms with Crippen molar-refractivity contribution in [3.63, 3.8) is 0 Å². The Morgan fingerprint density at radius 3 is 2.27 bits per heavy atom. The van der Waals surface area contributed by atoms with Crippen LogP contribution < -0.4 is 5.32 Å². The summed E-state index contributed by atoms with van der Waals surface area (Å²) in [4.78, 5) is 24.5. The Morgan fingerprint density at radius 2 is 1.54 bits per heavy atom. The lowest BCUT2D eigenvalue weighted by Crippen LogP contribution is -2.13. The maximum atomic E-state index is 13.7. The van der Waals surface area contributed by atoms with Crippen LogP contribution in [0.1, 0.15) is 57.3 Å². The third-order valence-electron chi connectivity index (χ3n) is 6.75. The number of nitrogens with zero attached hydrogens (tertiary/aromatic N) is 2. The van der Waals surface area contributed by atoms with Crippen LogP contribution in [-0.2, 0) is 0 Å². The minimum Gasteiger partial charge on any atom is -0.298 e. The lowest BCUT2D eigenvalue weighted by atomic mass is 9.98. The van der Waals surface area contributed by atoms with Crippen LogP contribution >= 0.6 is 11.3 Å². The standard InChI is InChI=1S/C32H31N3OS/c1-18(2)23-10-12-24(13-11-23)29-17-27(26-16-20(4)8-14-28(26)33-29)31(36)35-32-34-30(22(6)37-32)25-15-19(3)7-9-21(25)5/h7-18H,1-6H3,(H,34,35,36). The summed E-state index contributed by atoms with van der Waals surface area (Å²) in [6.07, 6.45) is 0. The van der Waals surface area contributed by atoms with Gasteiger partial charge < -0.3 is 0 Å². The molecule has 0 spiro atoms. The number of rotatable bonds is 5. The number of anilines is 1. The van der Waals surface area contributed by atoms with Crippen molar-refractivity contribution in [2.45, 2.75) is 47.5 Å². The number of aromatic nitrogens is 2. The summed E-state index contributed by atoms with van der Waals surface area (Å²) < 4.78 is 0. The summed E-state index contributed by atoms with van der Waals surface area (Å²) in [5, 5.41) is 4.51. The molecule has 0 bridgehead atoms. The van der Waals surface area contributed by atoms with Crippen molar-refractivity contribution < 1.29 is 4.79 Å². The summed E-state index contributed by atoms with van der Waals surface area (Å²) >= 11 is 1.50. The maximum Gasteiger partial charge on any atom is 0.258 e. The molecule has 0 fully saturated rings. The Balaban J connectivity index is 1.54. The quantitative estimate of drug-likeness (QED) is 0.260. The van der Waals surface area contributed by atoms with Crippen molar-refractivity contribution in [3.8, 4) is 22.5 Å². The van der Waals surface area contributed by atoms with E-state index >= 15 is 0 Å². The Kier molecular flexibility index (Phi) is 6.65. The summed E-state index contributed by atoms with van der Waals surface area (Å²) in [7, 11) is 0. The fourth-order valence-electron chi connectivity index (χ4n) is 4.57. The first-order chi connectivity index (χ1) is 17.7. The third kappa shape index (κ3) is 5.05. The molecule has 0 aliphatic heterocycles. The molecule has 0 saturated heterocycles. The molecule has 2 aromatic heterocycles. The lowest BCUT2D eigenvalue weighted by molar-refractivity contribution is 0.102. The maximum absolute atomic E-state index is 13.7. The number of carbonyl (C=O) groups excluding carboxylic acids is 1. The van der Waals surface area contributed by atoms with Gasteiger partial charge in [-0.25, -0.2) is 9.97 Å². The van der Waals surface area contributed by atoms with Crippen molar-refractivity contribution >= 4 is 33.3 Å². The van der Waals surface area contributed by atoms with E-state index in [-0.39, 0.29) is 5.91 Å². The van der Waals surface area contributed by atoms with Crippen LogP contribution in [0, 0.1) is 27.7 Å². The average Bonchev–Trinajstić information content (AvgIpc) is 3.24. The van der Waals surface area contributed by atoms with E-state index in [1.807, 2.05) is 31.2 Å². The lowest BCUT2D eigenvalue weighted by Gasteiger charge is -2.11. The Morgan fingerprint density at radius 1 is 0.838 bits per heavy atom. The van der Waals surface area contributed by atoms with E-state index < -0.39 is 0 Å². The average molecular weight is 506 g/mol. The van der Waals surface area contributed by atoms with Gasteiger partial charge in [0.15, 0.2) is 5.13 Å². The van der Waals surface area contributed by atoms with E-state index in [4.69, 9.17) is 9.97 Å². The smallest absolute Gasteiger partial charge is 0.258 e. The highest BCUT2D eigenvalue weighted by Crippen LogP contribution is 2.34. The van der Waals surface area contributed by atoms with Gasteiger partial charge in [-0.3, -0.25) is 10.1 Å². The molecule has 0 saturated carbocycles. The van der Waals surface area contributed by atoms with E-state index in [0.717, 1.165) is 43.9 Å². The largest absolute Gasteiger partial charge is 0.298 e. The van der Waals surface area contributed by atoms with Crippen molar-refractivity contribution in [2.24, 2.45) is 0 Å². The Bertz CT molecular complexity index is 1630. The van der Waals surface area contributed by atoms with E-state index in [1.165, 1.54) is 28.0 Å². The van der Waals surface area contributed by atoms with Crippen LogP contribution in [0.3, 0.4) is 0 Å². The van der Waals surface area contributed by atoms with Gasteiger partial charge in [0, 0.05) is 21.4 Å². The first-order valence-corrected chi connectivity index (χ1v) is 13.4. The highest BCUT2D eigenvalue weighted by atomic mass is 32.1. The highest BCUT2D eigenvalue weighted by Gasteiger charge is 2.18. The van der Waals surface area contributed by atoms with Gasteiger partial charge in [-0.05, 0) is 69.0 Å². The molecule has 5 rings (SSSR count). The van der Waals surface area contributed by atoms with Crippen LogP contribution in [0.5, 0.6) is 0 Å². The van der Waals surface area contributed by atoms with Gasteiger partial charge in [0.05, 0.1) is 22.5 Å². The number of pyridine rings is 1. The second kappa shape index (κ2) is 9.91. The van der Waals surface area contributed by atoms with Crippen LogP contribution in [0.25, 0.3) is 33.4 Å². The van der Waals surface area contributed by atoms with Gasteiger partial charge in [0.25, 0.3) is 5.91 Å². The second-order valence-corrected chi connectivity index (χ2v) is 11.3. The molecule has 0 unspecified atom stereocenters. The number of hydrogen-bond acceptors (Lipinski definition) is 4. The Hall–Kier alpha value is -3.83. The zero-order valence-electron chi connectivity index (χ0n) is 22.1. The SMILES string of the molecule is Cc1ccc(C)c(-c2nc(NC(=O)c3cc(-c4ccc(C(C)C)cc4)nc4ccc(C)cc34)sc2C)c1. The monoisotopic (exact) mass is 505 g/mol. The van der Waals surface area contributed by atoms with Crippen molar-refractivity contribution in [1.29, 1.82) is 0 Å². The number of nitrogens with one attached hydrogen (secondary N) is 1. The summed E-state index contributed by atoms with van der Waals surface area (Å²) in [6, 6.07) is 22.7. The van der Waals surface area contributed by atoms with Crippen LogP contribution in [0.4, 0.5) is 5.13 Å². The van der Waals surface area contributed by atoms with Crippen LogP contribution in [0.15, 0.2) is 66.7 Å². The number of hydrogen-bond donors (Lipinski definition) is 1. The molecule has 37 heavy (non-hydrogen) atoms. The molecule has 186 valence electrons. The van der Waals surface area contributed by atoms with E-state index in [1.54, 1.807) is 0 Å². The molecular formula is C32H31N3OS. The van der Waals surface area contributed by atoms with Crippen molar-refractivity contribution in [3.05, 3.63) is 99.4 Å². The van der Waals surface area contributed by atoms with Crippen molar-refractivity contribution in [1.82, 2.24) is 9.97 Å². The second-order valence-electron chi connectivity index (χ2n) is 10.0. The van der Waals surface area contributed by atoms with Crippen molar-refractivity contribution in [2.75, 3.05) is 5.32 Å². The molecule has 5 heteroatoms. The Labute approximate surface area is 222 Å². The van der Waals surface area contributed by atoms with Gasteiger partial charge >= 0.3 is 0 Å². The molecule has 4 nitrogen and oxygen atoms in total. The molecule has 0 aliphatic carbocycles.